The molecule has 2 heterocycles. The van der Waals surface area contributed by atoms with Crippen LogP contribution in [0.2, 0.25) is 0 Å². The first-order valence-corrected chi connectivity index (χ1v) is 7.36. The van der Waals surface area contributed by atoms with Crippen LogP contribution in [0.5, 0.6) is 0 Å². The number of nitrogens with one attached hydrogen (secondary N) is 1. The van der Waals surface area contributed by atoms with E-state index in [4.69, 9.17) is 9.47 Å². The van der Waals surface area contributed by atoms with Gasteiger partial charge in [-0.1, -0.05) is 5.57 Å². The molecule has 1 fully saturated rings. The molecule has 0 saturated carbocycles. The monoisotopic (exact) mass is 303 g/mol. The molecule has 0 spiro atoms. The van der Waals surface area contributed by atoms with E-state index in [-0.39, 0.29) is 12.4 Å². The van der Waals surface area contributed by atoms with Crippen molar-refractivity contribution in [3.05, 3.63) is 46.9 Å². The van der Waals surface area contributed by atoms with E-state index < -0.39 is 5.97 Å². The van der Waals surface area contributed by atoms with Crippen molar-refractivity contribution in [2.75, 3.05) is 19.8 Å². The first-order chi connectivity index (χ1) is 10.6. The Morgan fingerprint density at radius 1 is 1.41 bits per heavy atom. The molecule has 5 heteroatoms. The zero-order valence-corrected chi connectivity index (χ0v) is 12.4. The molecule has 4 nitrogen and oxygen atoms in total. The number of aryl methyl sites for hydroxylation is 1. The van der Waals surface area contributed by atoms with E-state index in [0.29, 0.717) is 11.2 Å². The summed E-state index contributed by atoms with van der Waals surface area (Å²) in [5.74, 6) is -0.754. The summed E-state index contributed by atoms with van der Waals surface area (Å²) in [6, 6.07) is 4.42. The van der Waals surface area contributed by atoms with Crippen LogP contribution in [-0.4, -0.2) is 30.8 Å². The third-order valence-corrected chi connectivity index (χ3v) is 3.95. The van der Waals surface area contributed by atoms with E-state index in [2.05, 4.69) is 4.98 Å². The first-order valence-electron chi connectivity index (χ1n) is 7.36. The molecular formula is C17H18FNO3. The van der Waals surface area contributed by atoms with Crippen molar-refractivity contribution in [1.29, 1.82) is 0 Å². The lowest BCUT2D eigenvalue weighted by atomic mass is 10.1. The quantitative estimate of drug-likeness (QED) is 0.697. The van der Waals surface area contributed by atoms with Crippen LogP contribution in [-0.2, 0) is 9.47 Å². The number of H-pyrrole nitrogens is 1. The molecule has 1 saturated heterocycles. The summed E-state index contributed by atoms with van der Waals surface area (Å²) in [5.41, 5.74) is 3.02. The summed E-state index contributed by atoms with van der Waals surface area (Å²) >= 11 is 0. The summed E-state index contributed by atoms with van der Waals surface area (Å²) in [7, 11) is 0. The minimum absolute atomic E-state index is 0.247. The maximum absolute atomic E-state index is 13.2. The van der Waals surface area contributed by atoms with Crippen molar-refractivity contribution >= 4 is 16.9 Å². The number of hydrogen-bond acceptors (Lipinski definition) is 3. The van der Waals surface area contributed by atoms with Crippen molar-refractivity contribution in [2.24, 2.45) is 0 Å². The maximum Gasteiger partial charge on any atom is 0.355 e. The number of benzene rings is 1. The van der Waals surface area contributed by atoms with E-state index in [1.165, 1.54) is 17.7 Å². The Kier molecular flexibility index (Phi) is 4.24. The Bertz CT molecular complexity index is 725. The molecule has 1 aliphatic heterocycles. The number of carbonyl (C=O) groups excluding carboxylic acids is 1. The molecule has 2 aromatic rings. The minimum Gasteiger partial charge on any atom is -0.457 e. The number of esters is 1. The van der Waals surface area contributed by atoms with Crippen LogP contribution >= 0.6 is 0 Å². The molecule has 0 atom stereocenters. The van der Waals surface area contributed by atoms with Crippen molar-refractivity contribution in [3.63, 3.8) is 0 Å². The topological polar surface area (TPSA) is 51.3 Å². The van der Waals surface area contributed by atoms with Crippen LogP contribution in [0.3, 0.4) is 0 Å². The molecule has 1 N–H and O–H groups in total. The fraction of sp³-hybridized carbons (Fsp3) is 0.353. The zero-order chi connectivity index (χ0) is 15.5. The molecule has 0 amide bonds. The fourth-order valence-corrected chi connectivity index (χ4v) is 2.66. The van der Waals surface area contributed by atoms with E-state index in [1.54, 1.807) is 6.07 Å². The summed E-state index contributed by atoms with van der Waals surface area (Å²) in [5, 5.41) is 0.830. The van der Waals surface area contributed by atoms with Crippen LogP contribution in [0.15, 0.2) is 29.8 Å². The number of rotatable bonds is 3. The average Bonchev–Trinajstić information content (AvgIpc) is 2.84. The fourth-order valence-electron chi connectivity index (χ4n) is 2.66. The van der Waals surface area contributed by atoms with Gasteiger partial charge in [-0.3, -0.25) is 0 Å². The first kappa shape index (κ1) is 14.8. The Labute approximate surface area is 127 Å². The predicted octanol–water partition coefficient (Wildman–Crippen LogP) is 3.51. The van der Waals surface area contributed by atoms with Gasteiger partial charge in [0.1, 0.15) is 18.1 Å². The predicted molar refractivity (Wildman–Crippen MR) is 81.4 cm³/mol. The number of halogens is 1. The highest BCUT2D eigenvalue weighted by Gasteiger charge is 2.16. The van der Waals surface area contributed by atoms with Gasteiger partial charge in [0.2, 0.25) is 0 Å². The highest BCUT2D eigenvalue weighted by Crippen LogP contribution is 2.23. The number of carbonyl (C=O) groups is 1. The van der Waals surface area contributed by atoms with Crippen LogP contribution in [0.1, 0.15) is 28.9 Å². The molecule has 22 heavy (non-hydrogen) atoms. The molecule has 0 aliphatic carbocycles. The van der Waals surface area contributed by atoms with Crippen molar-refractivity contribution in [3.8, 4) is 0 Å². The van der Waals surface area contributed by atoms with Gasteiger partial charge < -0.3 is 14.5 Å². The van der Waals surface area contributed by atoms with Gasteiger partial charge in [0.25, 0.3) is 0 Å². The van der Waals surface area contributed by atoms with Gasteiger partial charge >= 0.3 is 5.97 Å². The van der Waals surface area contributed by atoms with Gasteiger partial charge in [0.05, 0.1) is 13.2 Å². The maximum atomic E-state index is 13.2. The zero-order valence-electron chi connectivity index (χ0n) is 12.4. The Hall–Kier alpha value is -2.14. The molecule has 0 unspecified atom stereocenters. The summed E-state index contributed by atoms with van der Waals surface area (Å²) < 4.78 is 23.8. The van der Waals surface area contributed by atoms with E-state index in [9.17, 15) is 9.18 Å². The van der Waals surface area contributed by atoms with Gasteiger partial charge in [-0.05, 0) is 49.6 Å². The van der Waals surface area contributed by atoms with E-state index in [1.807, 2.05) is 13.0 Å². The third-order valence-electron chi connectivity index (χ3n) is 3.95. The Morgan fingerprint density at radius 2 is 2.18 bits per heavy atom. The van der Waals surface area contributed by atoms with Gasteiger partial charge in [0, 0.05) is 10.9 Å². The molecule has 1 aromatic carbocycles. The number of ether oxygens (including phenoxy) is 2. The van der Waals surface area contributed by atoms with Crippen LogP contribution in [0, 0.1) is 12.7 Å². The Morgan fingerprint density at radius 3 is 2.95 bits per heavy atom. The molecule has 1 aromatic heterocycles. The standard InChI is InChI=1S/C17H18FNO3/c1-11-14-3-2-13(18)10-15(14)19-16(11)17(20)22-9-6-12-4-7-21-8-5-12/h2-3,6,10,19H,4-5,7-9H2,1H3. The average molecular weight is 303 g/mol. The smallest absolute Gasteiger partial charge is 0.355 e. The summed E-state index contributed by atoms with van der Waals surface area (Å²) in [4.78, 5) is 15.1. The Balaban J connectivity index is 1.70. The van der Waals surface area contributed by atoms with Gasteiger partial charge in [0.15, 0.2) is 0 Å². The normalized spacial score (nSPS) is 15.1. The van der Waals surface area contributed by atoms with Gasteiger partial charge in [-0.15, -0.1) is 0 Å². The number of aromatic nitrogens is 1. The van der Waals surface area contributed by atoms with Crippen molar-refractivity contribution in [2.45, 2.75) is 19.8 Å². The lowest BCUT2D eigenvalue weighted by Gasteiger charge is -2.14. The second-order valence-corrected chi connectivity index (χ2v) is 5.39. The van der Waals surface area contributed by atoms with Crippen LogP contribution in [0.25, 0.3) is 10.9 Å². The highest BCUT2D eigenvalue weighted by molar-refractivity contribution is 5.98. The second kappa shape index (κ2) is 6.32. The van der Waals surface area contributed by atoms with Gasteiger partial charge in [-0.25, -0.2) is 9.18 Å². The molecule has 0 bridgehead atoms. The highest BCUT2D eigenvalue weighted by atomic mass is 19.1. The van der Waals surface area contributed by atoms with Crippen LogP contribution in [0.4, 0.5) is 4.39 Å². The molecule has 3 rings (SSSR count). The molecule has 1 aliphatic rings. The second-order valence-electron chi connectivity index (χ2n) is 5.39. The largest absolute Gasteiger partial charge is 0.457 e. The van der Waals surface area contributed by atoms with Crippen molar-refractivity contribution in [1.82, 2.24) is 4.98 Å². The summed E-state index contributed by atoms with van der Waals surface area (Å²) in [6.07, 6.45) is 3.72. The molecule has 116 valence electrons. The number of aromatic amines is 1. The van der Waals surface area contributed by atoms with Gasteiger partial charge in [-0.2, -0.15) is 0 Å². The van der Waals surface area contributed by atoms with E-state index >= 15 is 0 Å². The lowest BCUT2D eigenvalue weighted by molar-refractivity contribution is 0.0540. The number of fused-ring (bicyclic) bond motifs is 1. The summed E-state index contributed by atoms with van der Waals surface area (Å²) in [6.45, 7) is 3.53. The minimum atomic E-state index is -0.419. The molecule has 0 radical (unpaired) electrons. The number of hydrogen-bond donors (Lipinski definition) is 1. The third kappa shape index (κ3) is 3.04. The van der Waals surface area contributed by atoms with Crippen LogP contribution < -0.4 is 0 Å². The lowest BCUT2D eigenvalue weighted by Crippen LogP contribution is -2.10. The van der Waals surface area contributed by atoms with E-state index in [0.717, 1.165) is 37.0 Å². The SMILES string of the molecule is Cc1c(C(=O)OCC=C2CCOCC2)[nH]c2cc(F)ccc12. The van der Waals surface area contributed by atoms with Crippen molar-refractivity contribution < 1.29 is 18.7 Å². The molecular weight excluding hydrogens is 285 g/mol.